The lowest BCUT2D eigenvalue weighted by Gasteiger charge is -2.28. The summed E-state index contributed by atoms with van der Waals surface area (Å²) in [7, 11) is 3.49. The number of carbonyl (C=O) groups excluding carboxylic acids is 1. The van der Waals surface area contributed by atoms with E-state index < -0.39 is 11.7 Å². The molecular weight excluding hydrogens is 399 g/mol. The van der Waals surface area contributed by atoms with Crippen molar-refractivity contribution in [1.82, 2.24) is 14.9 Å². The average Bonchev–Trinajstić information content (AvgIpc) is 2.68. The second-order valence-corrected chi connectivity index (χ2v) is 7.30. The minimum absolute atomic E-state index is 0.0157. The van der Waals surface area contributed by atoms with Crippen LogP contribution in [-0.4, -0.2) is 48.0 Å². The van der Waals surface area contributed by atoms with E-state index in [1.165, 1.54) is 14.0 Å². The number of nitrogens with zero attached hydrogens (tertiary/aromatic N) is 3. The zero-order valence-corrected chi connectivity index (χ0v) is 17.0. The highest BCUT2D eigenvalue weighted by atomic mass is 19.4. The number of likely N-dealkylation sites (tertiary alicyclic amines) is 1. The largest absolute Gasteiger partial charge is 0.494 e. The molecule has 0 unspecified atom stereocenters. The molecule has 1 aliphatic rings. The quantitative estimate of drug-likeness (QED) is 0.761. The van der Waals surface area contributed by atoms with Gasteiger partial charge in [-0.3, -0.25) is 4.79 Å². The third-order valence-electron chi connectivity index (χ3n) is 5.09. The molecule has 7 nitrogen and oxygen atoms in total. The maximum Gasteiger partial charge on any atom is 0.419 e. The second kappa shape index (κ2) is 8.86. The van der Waals surface area contributed by atoms with Crippen molar-refractivity contribution in [2.45, 2.75) is 25.9 Å². The Labute approximate surface area is 172 Å². The van der Waals surface area contributed by atoms with E-state index in [4.69, 9.17) is 4.74 Å². The molecule has 0 saturated carbocycles. The van der Waals surface area contributed by atoms with Crippen molar-refractivity contribution < 1.29 is 22.7 Å². The first-order valence-corrected chi connectivity index (χ1v) is 9.52. The van der Waals surface area contributed by atoms with Crippen molar-refractivity contribution in [3.05, 3.63) is 35.7 Å². The molecule has 30 heavy (non-hydrogen) atoms. The third-order valence-corrected chi connectivity index (χ3v) is 5.09. The van der Waals surface area contributed by atoms with Gasteiger partial charge in [0.2, 0.25) is 11.9 Å². The number of aryl methyl sites for hydroxylation is 1. The summed E-state index contributed by atoms with van der Waals surface area (Å²) in [6.45, 7) is 3.04. The van der Waals surface area contributed by atoms with Gasteiger partial charge in [0.15, 0.2) is 0 Å². The molecule has 0 atom stereocenters. The fourth-order valence-corrected chi connectivity index (χ4v) is 3.31. The fourth-order valence-electron chi connectivity index (χ4n) is 3.31. The van der Waals surface area contributed by atoms with E-state index in [1.54, 1.807) is 18.2 Å². The van der Waals surface area contributed by atoms with Crippen molar-refractivity contribution >= 4 is 23.2 Å². The lowest BCUT2D eigenvalue weighted by Crippen LogP contribution is -2.35. The zero-order chi connectivity index (χ0) is 21.9. The number of benzene rings is 1. The lowest BCUT2D eigenvalue weighted by atomic mass is 9.96. The van der Waals surface area contributed by atoms with Gasteiger partial charge in [-0.15, -0.1) is 0 Å². The highest BCUT2D eigenvalue weighted by molar-refractivity contribution is 5.93. The SMILES string of the molecule is COc1cc(NC(=O)C2CCN(C)CC2)ccc1Nc1ncc(C(F)(F)F)c(C)n1. The lowest BCUT2D eigenvalue weighted by molar-refractivity contribution is -0.138. The van der Waals surface area contributed by atoms with Gasteiger partial charge in [-0.05, 0) is 52.0 Å². The number of ether oxygens (including phenoxy) is 1. The van der Waals surface area contributed by atoms with E-state index >= 15 is 0 Å². The van der Waals surface area contributed by atoms with Gasteiger partial charge in [-0.1, -0.05) is 0 Å². The van der Waals surface area contributed by atoms with E-state index in [-0.39, 0.29) is 23.5 Å². The molecule has 2 N–H and O–H groups in total. The van der Waals surface area contributed by atoms with Crippen molar-refractivity contribution in [2.24, 2.45) is 5.92 Å². The molecule has 0 radical (unpaired) electrons. The standard InChI is InChI=1S/C20H24F3N5O2/c1-12-15(20(21,22)23)11-24-19(25-12)27-16-5-4-14(10-17(16)30-3)26-18(29)13-6-8-28(2)9-7-13/h4-5,10-11,13H,6-9H2,1-3H3,(H,26,29)(H,24,25,27). The van der Waals surface area contributed by atoms with Crippen LogP contribution >= 0.6 is 0 Å². The topological polar surface area (TPSA) is 79.4 Å². The summed E-state index contributed by atoms with van der Waals surface area (Å²) in [6, 6.07) is 4.99. The number of alkyl halides is 3. The number of anilines is 3. The highest BCUT2D eigenvalue weighted by Crippen LogP contribution is 2.33. The molecule has 3 rings (SSSR count). The normalized spacial score (nSPS) is 15.7. The number of rotatable bonds is 5. The Balaban J connectivity index is 1.71. The predicted molar refractivity (Wildman–Crippen MR) is 107 cm³/mol. The number of amides is 1. The zero-order valence-electron chi connectivity index (χ0n) is 17.0. The van der Waals surface area contributed by atoms with Crippen LogP contribution in [-0.2, 0) is 11.0 Å². The van der Waals surface area contributed by atoms with Crippen LogP contribution in [0, 0.1) is 12.8 Å². The average molecular weight is 423 g/mol. The first-order chi connectivity index (χ1) is 14.2. The molecule has 1 aromatic heterocycles. The smallest absolute Gasteiger partial charge is 0.419 e. The van der Waals surface area contributed by atoms with Gasteiger partial charge in [-0.2, -0.15) is 13.2 Å². The second-order valence-electron chi connectivity index (χ2n) is 7.30. The minimum atomic E-state index is -4.51. The number of hydrogen-bond donors (Lipinski definition) is 2. The molecule has 1 aliphatic heterocycles. The summed E-state index contributed by atoms with van der Waals surface area (Å²) in [5.41, 5.74) is -0.0206. The minimum Gasteiger partial charge on any atom is -0.494 e. The van der Waals surface area contributed by atoms with E-state index in [9.17, 15) is 18.0 Å². The molecule has 2 aromatic rings. The number of nitrogens with one attached hydrogen (secondary N) is 2. The van der Waals surface area contributed by atoms with Crippen LogP contribution in [0.15, 0.2) is 24.4 Å². The monoisotopic (exact) mass is 423 g/mol. The number of halogens is 3. The molecule has 1 saturated heterocycles. The Kier molecular flexibility index (Phi) is 6.45. The number of piperidine rings is 1. The van der Waals surface area contributed by atoms with Crippen LogP contribution in [0.4, 0.5) is 30.5 Å². The summed E-state index contributed by atoms with van der Waals surface area (Å²) in [5, 5.41) is 5.76. The van der Waals surface area contributed by atoms with Gasteiger partial charge in [0, 0.05) is 23.9 Å². The first-order valence-electron chi connectivity index (χ1n) is 9.52. The predicted octanol–water partition coefficient (Wildman–Crippen LogP) is 3.84. The van der Waals surface area contributed by atoms with Gasteiger partial charge in [0.05, 0.1) is 24.1 Å². The highest BCUT2D eigenvalue weighted by Gasteiger charge is 2.33. The van der Waals surface area contributed by atoms with Gasteiger partial charge in [0.1, 0.15) is 5.75 Å². The van der Waals surface area contributed by atoms with E-state index in [0.29, 0.717) is 17.1 Å². The maximum atomic E-state index is 12.9. The molecular formula is C20H24F3N5O2. The van der Waals surface area contributed by atoms with Crippen molar-refractivity contribution in [1.29, 1.82) is 0 Å². The molecule has 0 aliphatic carbocycles. The molecule has 0 bridgehead atoms. The molecule has 1 amide bonds. The molecule has 1 fully saturated rings. The number of methoxy groups -OCH3 is 1. The van der Waals surface area contributed by atoms with Gasteiger partial charge < -0.3 is 20.3 Å². The van der Waals surface area contributed by atoms with Crippen LogP contribution in [0.1, 0.15) is 24.1 Å². The van der Waals surface area contributed by atoms with Crippen molar-refractivity contribution in [3.8, 4) is 5.75 Å². The Bertz CT molecular complexity index is 912. The van der Waals surface area contributed by atoms with E-state index in [0.717, 1.165) is 32.1 Å². The van der Waals surface area contributed by atoms with Crippen molar-refractivity contribution in [2.75, 3.05) is 37.9 Å². The summed E-state index contributed by atoms with van der Waals surface area (Å²) < 4.78 is 44.0. The van der Waals surface area contributed by atoms with E-state index in [1.807, 2.05) is 7.05 Å². The van der Waals surface area contributed by atoms with Crippen LogP contribution in [0.25, 0.3) is 0 Å². The number of carbonyl (C=O) groups is 1. The molecule has 162 valence electrons. The van der Waals surface area contributed by atoms with Gasteiger partial charge in [0.25, 0.3) is 0 Å². The van der Waals surface area contributed by atoms with Crippen LogP contribution in [0.5, 0.6) is 5.75 Å². The van der Waals surface area contributed by atoms with E-state index in [2.05, 4.69) is 25.5 Å². The van der Waals surface area contributed by atoms with Crippen LogP contribution in [0.2, 0.25) is 0 Å². The summed E-state index contributed by atoms with van der Waals surface area (Å²) >= 11 is 0. The molecule has 1 aromatic carbocycles. The first kappa shape index (κ1) is 21.8. The third kappa shape index (κ3) is 5.18. The maximum absolute atomic E-state index is 12.9. The summed E-state index contributed by atoms with van der Waals surface area (Å²) in [4.78, 5) is 22.3. The Morgan fingerprint density at radius 1 is 1.27 bits per heavy atom. The number of hydrogen-bond acceptors (Lipinski definition) is 6. The molecule has 10 heteroatoms. The van der Waals surface area contributed by atoms with Crippen molar-refractivity contribution in [3.63, 3.8) is 0 Å². The summed E-state index contributed by atoms with van der Waals surface area (Å²) in [5.74, 6) is 0.348. The van der Waals surface area contributed by atoms with Gasteiger partial charge >= 0.3 is 6.18 Å². The van der Waals surface area contributed by atoms with Crippen LogP contribution in [0.3, 0.4) is 0 Å². The number of aromatic nitrogens is 2. The summed E-state index contributed by atoms with van der Waals surface area (Å²) in [6.07, 6.45) is -2.14. The molecule has 0 spiro atoms. The van der Waals surface area contributed by atoms with Crippen LogP contribution < -0.4 is 15.4 Å². The fraction of sp³-hybridized carbons (Fsp3) is 0.450. The van der Waals surface area contributed by atoms with Gasteiger partial charge in [-0.25, -0.2) is 9.97 Å². The Hall–Kier alpha value is -2.88. The molecule has 2 heterocycles. The Morgan fingerprint density at radius 3 is 2.57 bits per heavy atom. The Morgan fingerprint density at radius 2 is 1.97 bits per heavy atom.